The Balaban J connectivity index is 2.31. The fourth-order valence-electron chi connectivity index (χ4n) is 2.36. The summed E-state index contributed by atoms with van der Waals surface area (Å²) in [7, 11) is -2.86. The molecule has 0 fully saturated rings. The van der Waals surface area contributed by atoms with E-state index in [-0.39, 0.29) is 27.4 Å². The number of nitrogens with zero attached hydrogens (tertiary/aromatic N) is 1. The summed E-state index contributed by atoms with van der Waals surface area (Å²) in [6.07, 6.45) is -4.61. The van der Waals surface area contributed by atoms with Crippen molar-refractivity contribution in [1.82, 2.24) is 0 Å². The van der Waals surface area contributed by atoms with Crippen molar-refractivity contribution >= 4 is 36.6 Å². The van der Waals surface area contributed by atoms with Gasteiger partial charge in [0.25, 0.3) is 0 Å². The van der Waals surface area contributed by atoms with E-state index in [2.05, 4.69) is 0 Å². The highest BCUT2D eigenvalue weighted by Gasteiger charge is 2.36. The number of nitro benzene ring substituents is 1. The number of nitro groups is 1. The topological polar surface area (TPSA) is 105 Å². The fraction of sp³-hybridized carbons (Fsp3) is 0.350. The molecule has 0 saturated heterocycles. The van der Waals surface area contributed by atoms with Gasteiger partial charge in [0.05, 0.1) is 20.9 Å². The molecule has 0 spiro atoms. The molecule has 0 radical (unpaired) electrons. The van der Waals surface area contributed by atoms with Crippen molar-refractivity contribution < 1.29 is 41.5 Å². The molecule has 0 aliphatic rings. The van der Waals surface area contributed by atoms with Crippen LogP contribution in [0.4, 0.5) is 18.9 Å². The lowest BCUT2D eigenvalue weighted by molar-refractivity contribution is -0.383. The van der Waals surface area contributed by atoms with Crippen molar-refractivity contribution in [3.63, 3.8) is 0 Å². The second-order valence-corrected chi connectivity index (χ2v) is 9.46. The standard InChI is InChI=1S/C20H19ClF3NO7P/c1-11-7-14(25(27)28)17(33(29)31-10-30-18(26)19(2,3)4)9-16(11)32-15-6-5-12(8-13(15)21)20(22,23)24/h5-9H,10H2,1-4H3/q+1. The summed E-state index contributed by atoms with van der Waals surface area (Å²) in [6, 6.07) is 4.56. The van der Waals surface area contributed by atoms with E-state index >= 15 is 0 Å². The number of carbonyl (C=O) groups is 1. The third-order valence-corrected chi connectivity index (χ3v) is 5.50. The lowest BCUT2D eigenvalue weighted by atomic mass is 9.98. The first-order valence-electron chi connectivity index (χ1n) is 9.22. The quantitative estimate of drug-likeness (QED) is 0.142. The summed E-state index contributed by atoms with van der Waals surface area (Å²) in [4.78, 5) is 22.4. The predicted molar refractivity (Wildman–Crippen MR) is 113 cm³/mol. The lowest BCUT2D eigenvalue weighted by Gasteiger charge is -2.14. The van der Waals surface area contributed by atoms with Gasteiger partial charge in [0, 0.05) is 12.1 Å². The molecule has 0 heterocycles. The van der Waals surface area contributed by atoms with Gasteiger partial charge < -0.3 is 9.47 Å². The Bertz CT molecular complexity index is 1100. The molecule has 2 aromatic rings. The Morgan fingerprint density at radius 2 is 1.79 bits per heavy atom. The SMILES string of the molecule is Cc1cc([N+](=O)[O-])c([P+](=O)OCOC(=O)C(C)(C)C)cc1Oc1ccc(C(F)(F)F)cc1Cl. The second kappa shape index (κ2) is 10.0. The van der Waals surface area contributed by atoms with E-state index in [1.165, 1.54) is 6.92 Å². The Morgan fingerprint density at radius 1 is 1.15 bits per heavy atom. The highest BCUT2D eigenvalue weighted by molar-refractivity contribution is 7.48. The van der Waals surface area contributed by atoms with Gasteiger partial charge in [0.2, 0.25) is 6.79 Å². The molecule has 13 heteroatoms. The summed E-state index contributed by atoms with van der Waals surface area (Å²) < 4.78 is 66.4. The maximum atomic E-state index is 12.8. The first-order chi connectivity index (χ1) is 15.1. The van der Waals surface area contributed by atoms with Gasteiger partial charge in [0.1, 0.15) is 11.5 Å². The monoisotopic (exact) mass is 508 g/mol. The number of benzene rings is 2. The van der Waals surface area contributed by atoms with Crippen LogP contribution in [-0.2, 0) is 24.8 Å². The highest BCUT2D eigenvalue weighted by atomic mass is 35.5. The molecule has 0 aliphatic carbocycles. The van der Waals surface area contributed by atoms with Gasteiger partial charge in [-0.3, -0.25) is 14.9 Å². The predicted octanol–water partition coefficient (Wildman–Crippen LogP) is 6.30. The number of aryl methyl sites for hydroxylation is 1. The van der Waals surface area contributed by atoms with Crippen LogP contribution in [0.25, 0.3) is 0 Å². The van der Waals surface area contributed by atoms with Crippen LogP contribution in [0.15, 0.2) is 30.3 Å². The van der Waals surface area contributed by atoms with Crippen LogP contribution >= 0.6 is 19.6 Å². The number of ether oxygens (including phenoxy) is 2. The minimum absolute atomic E-state index is 0.0455. The van der Waals surface area contributed by atoms with Crippen LogP contribution < -0.4 is 10.0 Å². The number of rotatable bonds is 7. The van der Waals surface area contributed by atoms with Gasteiger partial charge in [-0.15, -0.1) is 0 Å². The molecule has 0 N–H and O–H groups in total. The fourth-order valence-corrected chi connectivity index (χ4v) is 3.42. The smallest absolute Gasteiger partial charge is 0.455 e. The molecule has 2 aromatic carbocycles. The van der Waals surface area contributed by atoms with Gasteiger partial charge >= 0.3 is 31.2 Å². The van der Waals surface area contributed by atoms with E-state index < -0.39 is 48.6 Å². The molecule has 1 unspecified atom stereocenters. The highest BCUT2D eigenvalue weighted by Crippen LogP contribution is 2.39. The summed E-state index contributed by atoms with van der Waals surface area (Å²) in [5.41, 5.74) is -2.14. The molecular formula is C20H19ClF3NO7P+. The van der Waals surface area contributed by atoms with Crippen molar-refractivity contribution in [2.45, 2.75) is 33.9 Å². The number of carbonyl (C=O) groups excluding carboxylic acids is 1. The molecule has 0 aliphatic heterocycles. The number of esters is 1. The van der Waals surface area contributed by atoms with Gasteiger partial charge in [-0.25, -0.2) is 0 Å². The number of alkyl halides is 3. The summed E-state index contributed by atoms with van der Waals surface area (Å²) in [5, 5.41) is 10.7. The van der Waals surface area contributed by atoms with E-state index in [4.69, 9.17) is 25.6 Å². The third-order valence-electron chi connectivity index (χ3n) is 4.12. The van der Waals surface area contributed by atoms with Crippen molar-refractivity contribution in [2.24, 2.45) is 5.41 Å². The lowest BCUT2D eigenvalue weighted by Crippen LogP contribution is -2.23. The van der Waals surface area contributed by atoms with E-state index in [1.54, 1.807) is 20.8 Å². The maximum absolute atomic E-state index is 12.8. The van der Waals surface area contributed by atoms with Crippen LogP contribution in [-0.4, -0.2) is 17.7 Å². The van der Waals surface area contributed by atoms with E-state index in [0.717, 1.165) is 24.3 Å². The Morgan fingerprint density at radius 3 is 2.30 bits per heavy atom. The van der Waals surface area contributed by atoms with Crippen molar-refractivity contribution in [3.05, 3.63) is 56.6 Å². The maximum Gasteiger partial charge on any atom is 0.559 e. The van der Waals surface area contributed by atoms with E-state index in [1.807, 2.05) is 0 Å². The second-order valence-electron chi connectivity index (χ2n) is 7.79. The molecule has 0 amide bonds. The van der Waals surface area contributed by atoms with Crippen molar-refractivity contribution in [2.75, 3.05) is 6.79 Å². The van der Waals surface area contributed by atoms with Crippen LogP contribution in [0, 0.1) is 22.5 Å². The zero-order chi connectivity index (χ0) is 25.1. The van der Waals surface area contributed by atoms with Crippen molar-refractivity contribution in [1.29, 1.82) is 0 Å². The first kappa shape index (κ1) is 26.5. The third kappa shape index (κ3) is 6.86. The van der Waals surface area contributed by atoms with Gasteiger partial charge in [-0.1, -0.05) is 16.1 Å². The molecule has 1 atom stereocenters. The number of hydrogen-bond donors (Lipinski definition) is 0. The number of hydrogen-bond acceptors (Lipinski definition) is 7. The summed E-state index contributed by atoms with van der Waals surface area (Å²) in [6.45, 7) is 5.52. The Kier molecular flexibility index (Phi) is 8.05. The molecule has 0 saturated carbocycles. The Hall–Kier alpha value is -2.75. The van der Waals surface area contributed by atoms with Crippen LogP contribution in [0.2, 0.25) is 5.02 Å². The Labute approximate surface area is 192 Å². The zero-order valence-electron chi connectivity index (χ0n) is 17.9. The minimum atomic E-state index is -4.61. The average molecular weight is 509 g/mol. The molecule has 0 bridgehead atoms. The molecule has 2 rings (SSSR count). The first-order valence-corrected chi connectivity index (χ1v) is 10.8. The average Bonchev–Trinajstić information content (AvgIpc) is 2.68. The van der Waals surface area contributed by atoms with E-state index in [9.17, 15) is 32.6 Å². The molecule has 0 aromatic heterocycles. The summed E-state index contributed by atoms with van der Waals surface area (Å²) in [5.74, 6) is -0.830. The largest absolute Gasteiger partial charge is 0.559 e. The molecule has 8 nitrogen and oxygen atoms in total. The minimum Gasteiger partial charge on any atom is -0.455 e. The van der Waals surface area contributed by atoms with Gasteiger partial charge in [-0.05, 0) is 56.0 Å². The number of halogens is 4. The summed E-state index contributed by atoms with van der Waals surface area (Å²) >= 11 is 5.89. The molecular weight excluding hydrogens is 490 g/mol. The molecule has 33 heavy (non-hydrogen) atoms. The normalized spacial score (nSPS) is 12.3. The zero-order valence-corrected chi connectivity index (χ0v) is 19.5. The van der Waals surface area contributed by atoms with Gasteiger partial charge in [-0.2, -0.15) is 13.2 Å². The van der Waals surface area contributed by atoms with Crippen LogP contribution in [0.3, 0.4) is 0 Å². The van der Waals surface area contributed by atoms with Gasteiger partial charge in [0.15, 0.2) is 0 Å². The van der Waals surface area contributed by atoms with Crippen LogP contribution in [0.1, 0.15) is 31.9 Å². The van der Waals surface area contributed by atoms with Crippen LogP contribution in [0.5, 0.6) is 11.5 Å². The van der Waals surface area contributed by atoms with Crippen molar-refractivity contribution in [3.8, 4) is 11.5 Å². The van der Waals surface area contributed by atoms with E-state index in [0.29, 0.717) is 6.07 Å². The molecule has 178 valence electrons.